The van der Waals surface area contributed by atoms with E-state index in [0.717, 1.165) is 31.9 Å². The molecule has 0 spiro atoms. The lowest BCUT2D eigenvalue weighted by Crippen LogP contribution is -2.40. The summed E-state index contributed by atoms with van der Waals surface area (Å²) in [7, 11) is 0. The maximum atomic E-state index is 12.8. The van der Waals surface area contributed by atoms with Crippen molar-refractivity contribution < 1.29 is 9.59 Å². The van der Waals surface area contributed by atoms with E-state index >= 15 is 0 Å². The zero-order valence-electron chi connectivity index (χ0n) is 12.9. The number of rotatable bonds is 2. The number of carbonyl (C=O) groups is 2. The van der Waals surface area contributed by atoms with Crippen LogP contribution in [0, 0.1) is 17.8 Å². The highest BCUT2D eigenvalue weighted by atomic mass is 35.5. The average Bonchev–Trinajstić information content (AvgIpc) is 3.20. The van der Waals surface area contributed by atoms with E-state index in [2.05, 4.69) is 5.32 Å². The molecule has 0 bridgehead atoms. The number of hydrogen-bond acceptors (Lipinski definition) is 3. The van der Waals surface area contributed by atoms with Crippen molar-refractivity contribution in [3.05, 3.63) is 29.3 Å². The Morgan fingerprint density at radius 3 is 2.65 bits per heavy atom. The zero-order valence-corrected chi connectivity index (χ0v) is 13.6. The van der Waals surface area contributed by atoms with Crippen molar-refractivity contribution >= 4 is 29.1 Å². The minimum atomic E-state index is -0.527. The highest BCUT2D eigenvalue weighted by Gasteiger charge is 2.44. The Bertz CT molecular complexity index is 638. The molecule has 3 saturated heterocycles. The number of nitrogens with zero attached hydrogens (tertiary/aromatic N) is 2. The van der Waals surface area contributed by atoms with Crippen molar-refractivity contribution in [3.63, 3.8) is 0 Å². The first-order chi connectivity index (χ1) is 11.1. The first kappa shape index (κ1) is 15.0. The Labute approximate surface area is 140 Å². The van der Waals surface area contributed by atoms with Gasteiger partial charge in [-0.3, -0.25) is 9.59 Å². The number of fused-ring (bicyclic) bond motifs is 1. The summed E-state index contributed by atoms with van der Waals surface area (Å²) in [6.07, 6.45) is 0.592. The molecule has 4 rings (SSSR count). The number of carbonyl (C=O) groups excluding carboxylic acids is 2. The van der Waals surface area contributed by atoms with Crippen LogP contribution in [0.25, 0.3) is 0 Å². The standard InChI is InChI=1S/C17H20ClN3O2/c18-13-2-1-3-14(6-13)21-5-4-15(17(21)23)16(22)20-9-11-7-19-8-12(11)10-20/h1-3,6,11-12,15,19H,4-5,7-10H2/t11-,12+,15?. The molecular weight excluding hydrogens is 314 g/mol. The van der Waals surface area contributed by atoms with E-state index in [0.29, 0.717) is 29.8 Å². The number of anilines is 1. The van der Waals surface area contributed by atoms with Gasteiger partial charge in [-0.2, -0.15) is 0 Å². The Hall–Kier alpha value is -1.59. The largest absolute Gasteiger partial charge is 0.341 e. The summed E-state index contributed by atoms with van der Waals surface area (Å²) >= 11 is 6.01. The Balaban J connectivity index is 1.46. The molecule has 3 aliphatic rings. The predicted octanol–water partition coefficient (Wildman–Crippen LogP) is 1.37. The molecule has 3 atom stereocenters. The minimum Gasteiger partial charge on any atom is -0.341 e. The van der Waals surface area contributed by atoms with Crippen molar-refractivity contribution in [2.24, 2.45) is 17.8 Å². The zero-order chi connectivity index (χ0) is 16.0. The van der Waals surface area contributed by atoms with Crippen LogP contribution in [0.5, 0.6) is 0 Å². The molecule has 2 amide bonds. The molecule has 3 fully saturated rings. The molecule has 3 aliphatic heterocycles. The van der Waals surface area contributed by atoms with Crippen LogP contribution in [-0.2, 0) is 9.59 Å². The molecule has 0 aliphatic carbocycles. The van der Waals surface area contributed by atoms with Gasteiger partial charge in [0.05, 0.1) is 0 Å². The molecule has 0 radical (unpaired) electrons. The summed E-state index contributed by atoms with van der Waals surface area (Å²) in [5, 5.41) is 3.97. The summed E-state index contributed by atoms with van der Waals surface area (Å²) in [4.78, 5) is 29.0. The molecule has 5 nitrogen and oxygen atoms in total. The van der Waals surface area contributed by atoms with Gasteiger partial charge in [0.1, 0.15) is 5.92 Å². The first-order valence-electron chi connectivity index (χ1n) is 8.20. The van der Waals surface area contributed by atoms with E-state index in [1.165, 1.54) is 0 Å². The number of hydrogen-bond donors (Lipinski definition) is 1. The summed E-state index contributed by atoms with van der Waals surface area (Å²) < 4.78 is 0. The van der Waals surface area contributed by atoms with Crippen molar-refractivity contribution in [1.29, 1.82) is 0 Å². The summed E-state index contributed by atoms with van der Waals surface area (Å²) in [5.74, 6) is 0.501. The van der Waals surface area contributed by atoms with Crippen LogP contribution in [0.2, 0.25) is 5.02 Å². The Kier molecular flexibility index (Phi) is 3.77. The topological polar surface area (TPSA) is 52.7 Å². The molecule has 0 saturated carbocycles. The maximum Gasteiger partial charge on any atom is 0.239 e. The van der Waals surface area contributed by atoms with Crippen LogP contribution in [0.4, 0.5) is 5.69 Å². The summed E-state index contributed by atoms with van der Waals surface area (Å²) in [6.45, 7) is 4.14. The van der Waals surface area contributed by atoms with Crippen molar-refractivity contribution in [3.8, 4) is 0 Å². The van der Waals surface area contributed by atoms with Crippen LogP contribution >= 0.6 is 11.6 Å². The third-order valence-corrected chi connectivity index (χ3v) is 5.56. The highest BCUT2D eigenvalue weighted by molar-refractivity contribution is 6.31. The number of nitrogens with one attached hydrogen (secondary N) is 1. The monoisotopic (exact) mass is 333 g/mol. The predicted molar refractivity (Wildman–Crippen MR) is 88.3 cm³/mol. The number of amides is 2. The molecule has 122 valence electrons. The van der Waals surface area contributed by atoms with Crippen LogP contribution in [0.3, 0.4) is 0 Å². The third kappa shape index (κ3) is 2.62. The fourth-order valence-electron chi connectivity index (χ4n) is 4.07. The molecular formula is C17H20ClN3O2. The minimum absolute atomic E-state index is 0.00827. The fraction of sp³-hybridized carbons (Fsp3) is 0.529. The Morgan fingerprint density at radius 1 is 1.22 bits per heavy atom. The van der Waals surface area contributed by atoms with E-state index in [1.807, 2.05) is 17.0 Å². The van der Waals surface area contributed by atoms with Gasteiger partial charge in [-0.25, -0.2) is 0 Å². The third-order valence-electron chi connectivity index (χ3n) is 5.32. The maximum absolute atomic E-state index is 12.8. The van der Waals surface area contributed by atoms with Crippen LogP contribution in [0.1, 0.15) is 6.42 Å². The van der Waals surface area contributed by atoms with Gasteiger partial charge in [-0.05, 0) is 36.5 Å². The lowest BCUT2D eigenvalue weighted by atomic mass is 10.0. The molecule has 3 heterocycles. The van der Waals surface area contributed by atoms with Gasteiger partial charge in [0.15, 0.2) is 0 Å². The highest BCUT2D eigenvalue weighted by Crippen LogP contribution is 2.32. The van der Waals surface area contributed by atoms with Gasteiger partial charge in [0.2, 0.25) is 11.8 Å². The first-order valence-corrected chi connectivity index (χ1v) is 8.58. The Morgan fingerprint density at radius 2 is 1.96 bits per heavy atom. The fourth-order valence-corrected chi connectivity index (χ4v) is 4.25. The SMILES string of the molecule is O=C(C1CCN(c2cccc(Cl)c2)C1=O)N1C[C@H]2CNC[C@H]2C1. The molecule has 6 heteroatoms. The second-order valence-corrected chi connectivity index (χ2v) is 7.17. The second kappa shape index (κ2) is 5.80. The normalized spacial score (nSPS) is 30.1. The van der Waals surface area contributed by atoms with Gasteiger partial charge in [-0.15, -0.1) is 0 Å². The quantitative estimate of drug-likeness (QED) is 0.832. The van der Waals surface area contributed by atoms with Gasteiger partial charge >= 0.3 is 0 Å². The smallest absolute Gasteiger partial charge is 0.239 e. The lowest BCUT2D eigenvalue weighted by Gasteiger charge is -2.21. The average molecular weight is 334 g/mol. The molecule has 23 heavy (non-hydrogen) atoms. The molecule has 0 aromatic heterocycles. The van der Waals surface area contributed by atoms with Crippen LogP contribution in [-0.4, -0.2) is 49.4 Å². The van der Waals surface area contributed by atoms with E-state index in [1.54, 1.807) is 17.0 Å². The van der Waals surface area contributed by atoms with Crippen molar-refractivity contribution in [1.82, 2.24) is 10.2 Å². The lowest BCUT2D eigenvalue weighted by molar-refractivity contribution is -0.139. The second-order valence-electron chi connectivity index (χ2n) is 6.73. The van der Waals surface area contributed by atoms with Gasteiger partial charge in [-0.1, -0.05) is 17.7 Å². The van der Waals surface area contributed by atoms with E-state index in [-0.39, 0.29) is 11.8 Å². The molecule has 1 unspecified atom stereocenters. The van der Waals surface area contributed by atoms with Crippen molar-refractivity contribution in [2.45, 2.75) is 6.42 Å². The number of halogens is 1. The number of benzene rings is 1. The molecule has 1 aromatic carbocycles. The number of likely N-dealkylation sites (tertiary alicyclic amines) is 1. The van der Waals surface area contributed by atoms with E-state index in [4.69, 9.17) is 11.6 Å². The molecule has 1 aromatic rings. The van der Waals surface area contributed by atoms with Crippen molar-refractivity contribution in [2.75, 3.05) is 37.6 Å². The van der Waals surface area contributed by atoms with Crippen LogP contribution < -0.4 is 10.2 Å². The van der Waals surface area contributed by atoms with E-state index < -0.39 is 5.92 Å². The van der Waals surface area contributed by atoms with E-state index in [9.17, 15) is 9.59 Å². The summed E-state index contributed by atoms with van der Waals surface area (Å²) in [5.41, 5.74) is 0.778. The van der Waals surface area contributed by atoms with Gasteiger partial charge < -0.3 is 15.1 Å². The van der Waals surface area contributed by atoms with Gasteiger partial charge in [0, 0.05) is 43.4 Å². The van der Waals surface area contributed by atoms with Crippen LogP contribution in [0.15, 0.2) is 24.3 Å². The van der Waals surface area contributed by atoms with Gasteiger partial charge in [0.25, 0.3) is 0 Å². The molecule has 1 N–H and O–H groups in total. The summed E-state index contributed by atoms with van der Waals surface area (Å²) in [6, 6.07) is 7.25.